The summed E-state index contributed by atoms with van der Waals surface area (Å²) in [7, 11) is 0. The van der Waals surface area contributed by atoms with Crippen LogP contribution >= 0.6 is 0 Å². The Hall–Kier alpha value is -4.86. The fourth-order valence-electron chi connectivity index (χ4n) is 3.98. The van der Waals surface area contributed by atoms with Crippen molar-refractivity contribution in [2.75, 3.05) is 4.90 Å². The van der Waals surface area contributed by atoms with E-state index in [1.54, 1.807) is 29.2 Å². The molecular weight excluding hydrogens is 436 g/mol. The molecule has 1 heterocycles. The fraction of sp³-hybridized carbons (Fsp3) is 0.0833. The summed E-state index contributed by atoms with van der Waals surface area (Å²) in [5, 5.41) is 7.69. The van der Waals surface area contributed by atoms with Crippen LogP contribution in [0.1, 0.15) is 52.6 Å². The van der Waals surface area contributed by atoms with E-state index in [9.17, 15) is 19.2 Å². The van der Waals surface area contributed by atoms with E-state index in [1.165, 1.54) is 12.1 Å². The van der Waals surface area contributed by atoms with Crippen LogP contribution in [0.2, 0.25) is 0 Å². The van der Waals surface area contributed by atoms with Crippen LogP contribution in [0.3, 0.4) is 0 Å². The molecular formula is C24H20N6O4. The highest BCUT2D eigenvalue weighted by atomic mass is 16.2. The third-order valence-corrected chi connectivity index (χ3v) is 5.40. The number of azo groups is 1. The maximum absolute atomic E-state index is 12.8. The molecule has 0 fully saturated rings. The van der Waals surface area contributed by atoms with Crippen molar-refractivity contribution < 1.29 is 19.2 Å². The highest BCUT2D eigenvalue weighted by Crippen LogP contribution is 2.36. The van der Waals surface area contributed by atoms with Crippen LogP contribution in [-0.4, -0.2) is 23.6 Å². The number of carbonyl (C=O) groups is 4. The fourth-order valence-corrected chi connectivity index (χ4v) is 3.98. The van der Waals surface area contributed by atoms with Crippen molar-refractivity contribution in [3.63, 3.8) is 0 Å². The van der Waals surface area contributed by atoms with Gasteiger partial charge in [0.05, 0.1) is 40.2 Å². The largest absolute Gasteiger partial charge is 0.366 e. The Balaban J connectivity index is 2.08. The van der Waals surface area contributed by atoms with E-state index in [4.69, 9.17) is 17.2 Å². The van der Waals surface area contributed by atoms with Crippen LogP contribution in [-0.2, 0) is 13.1 Å². The molecule has 0 aliphatic carbocycles. The summed E-state index contributed by atoms with van der Waals surface area (Å²) >= 11 is 0. The summed E-state index contributed by atoms with van der Waals surface area (Å²) < 4.78 is 0. The third-order valence-electron chi connectivity index (χ3n) is 5.40. The molecule has 0 saturated heterocycles. The van der Waals surface area contributed by atoms with Gasteiger partial charge in [0.2, 0.25) is 5.91 Å². The number of nitrogens with zero attached hydrogens (tertiary/aromatic N) is 3. The predicted molar refractivity (Wildman–Crippen MR) is 124 cm³/mol. The van der Waals surface area contributed by atoms with Crippen molar-refractivity contribution in [1.82, 2.24) is 0 Å². The van der Waals surface area contributed by atoms with E-state index < -0.39 is 23.6 Å². The van der Waals surface area contributed by atoms with Crippen molar-refractivity contribution in [2.45, 2.75) is 13.1 Å². The lowest BCUT2D eigenvalue weighted by molar-refractivity contribution is 0.0964. The summed E-state index contributed by atoms with van der Waals surface area (Å²) in [6.07, 6.45) is 0. The summed E-state index contributed by atoms with van der Waals surface area (Å²) in [6, 6.07) is 16.4. The zero-order valence-electron chi connectivity index (χ0n) is 17.9. The van der Waals surface area contributed by atoms with E-state index in [0.717, 1.165) is 11.1 Å². The molecule has 3 aromatic rings. The van der Waals surface area contributed by atoms with Gasteiger partial charge in [-0.05, 0) is 35.4 Å². The number of hydrogen-bond donors (Lipinski definition) is 3. The Morgan fingerprint density at radius 3 is 2.06 bits per heavy atom. The summed E-state index contributed by atoms with van der Waals surface area (Å²) in [5.41, 5.74) is 18.5. The molecule has 0 radical (unpaired) electrons. The van der Waals surface area contributed by atoms with Crippen LogP contribution in [0, 0.1) is 0 Å². The number of anilines is 2. The number of nitrogens with two attached hydrogens (primary N) is 3. The molecule has 0 unspecified atom stereocenters. The Labute approximate surface area is 194 Å². The van der Waals surface area contributed by atoms with Crippen LogP contribution in [0.4, 0.5) is 11.4 Å². The van der Waals surface area contributed by atoms with Crippen LogP contribution in [0.5, 0.6) is 0 Å². The minimum atomic E-state index is -0.883. The SMILES string of the molecule is NC(=O)c1cccc(N2Cc3cccc(c3)CN=NC(=O)c3cccc2c3C(N)=O)c1C(N)=O. The molecule has 3 aromatic carbocycles. The van der Waals surface area contributed by atoms with Crippen molar-refractivity contribution in [3.8, 4) is 0 Å². The molecule has 4 bridgehead atoms. The van der Waals surface area contributed by atoms with Gasteiger partial charge in [-0.2, -0.15) is 5.11 Å². The van der Waals surface area contributed by atoms with Crippen molar-refractivity contribution in [3.05, 3.63) is 94.0 Å². The van der Waals surface area contributed by atoms with E-state index in [2.05, 4.69) is 10.2 Å². The predicted octanol–water partition coefficient (Wildman–Crippen LogP) is 2.43. The molecule has 0 aromatic heterocycles. The Morgan fingerprint density at radius 1 is 0.765 bits per heavy atom. The van der Waals surface area contributed by atoms with Gasteiger partial charge in [-0.3, -0.25) is 19.2 Å². The molecule has 4 amide bonds. The van der Waals surface area contributed by atoms with E-state index >= 15 is 0 Å². The van der Waals surface area contributed by atoms with Gasteiger partial charge >= 0.3 is 0 Å². The van der Waals surface area contributed by atoms with E-state index in [-0.39, 0.29) is 46.7 Å². The molecule has 4 rings (SSSR count). The quantitative estimate of drug-likeness (QED) is 0.545. The van der Waals surface area contributed by atoms with Crippen molar-refractivity contribution in [2.24, 2.45) is 27.4 Å². The Bertz CT molecular complexity index is 1380. The van der Waals surface area contributed by atoms with E-state index in [0.29, 0.717) is 0 Å². The number of primary amides is 3. The number of amides is 4. The van der Waals surface area contributed by atoms with Gasteiger partial charge in [0.15, 0.2) is 0 Å². The first-order valence-corrected chi connectivity index (χ1v) is 10.2. The maximum Gasteiger partial charge on any atom is 0.295 e. The highest BCUT2D eigenvalue weighted by Gasteiger charge is 2.28. The third kappa shape index (κ3) is 4.11. The number of fused-ring (bicyclic) bond motifs is 4. The average Bonchev–Trinajstić information content (AvgIpc) is 2.81. The molecule has 0 saturated carbocycles. The lowest BCUT2D eigenvalue weighted by Crippen LogP contribution is -2.28. The zero-order chi connectivity index (χ0) is 24.4. The smallest absolute Gasteiger partial charge is 0.295 e. The summed E-state index contributed by atoms with van der Waals surface area (Å²) in [6.45, 7) is 0.292. The molecule has 1 aliphatic rings. The Kier molecular flexibility index (Phi) is 5.88. The minimum Gasteiger partial charge on any atom is -0.366 e. The number of rotatable bonds is 4. The standard InChI is InChI=1S/C24H20N6O4/c25-21(31)15-6-2-8-17(19(15)22(26)32)30-12-14-5-1-4-13(10-14)11-28-29-24(34)16-7-3-9-18(30)20(16)23(27)33/h1-10H,11-12H2,(H2,25,31)(H2,26,32)(H2,27,33). The second-order valence-electron chi connectivity index (χ2n) is 7.60. The van der Waals surface area contributed by atoms with Gasteiger partial charge in [-0.15, -0.1) is 5.11 Å². The molecule has 34 heavy (non-hydrogen) atoms. The van der Waals surface area contributed by atoms with Crippen LogP contribution in [0.15, 0.2) is 70.9 Å². The Morgan fingerprint density at radius 2 is 1.38 bits per heavy atom. The summed E-state index contributed by atoms with van der Waals surface area (Å²) in [5.74, 6) is -3.35. The van der Waals surface area contributed by atoms with Gasteiger partial charge in [-0.1, -0.05) is 36.4 Å². The lowest BCUT2D eigenvalue weighted by Gasteiger charge is -2.29. The molecule has 10 nitrogen and oxygen atoms in total. The topological polar surface area (TPSA) is 174 Å². The minimum absolute atomic E-state index is 0.0466. The normalized spacial score (nSPS) is 13.1. The highest BCUT2D eigenvalue weighted by molar-refractivity contribution is 6.13. The van der Waals surface area contributed by atoms with Crippen LogP contribution in [0.25, 0.3) is 0 Å². The van der Waals surface area contributed by atoms with Gasteiger partial charge in [0.1, 0.15) is 0 Å². The number of benzene rings is 3. The number of hydrogen-bond acceptors (Lipinski definition) is 6. The van der Waals surface area contributed by atoms with E-state index in [1.807, 2.05) is 24.3 Å². The van der Waals surface area contributed by atoms with Crippen molar-refractivity contribution in [1.29, 1.82) is 0 Å². The van der Waals surface area contributed by atoms with Gasteiger partial charge < -0.3 is 22.1 Å². The molecule has 1 aliphatic heterocycles. The average molecular weight is 456 g/mol. The molecule has 170 valence electrons. The first-order valence-electron chi connectivity index (χ1n) is 10.2. The maximum atomic E-state index is 12.8. The molecule has 0 spiro atoms. The van der Waals surface area contributed by atoms with Gasteiger partial charge in [-0.25, -0.2) is 0 Å². The molecule has 0 atom stereocenters. The lowest BCUT2D eigenvalue weighted by atomic mass is 9.98. The second-order valence-corrected chi connectivity index (χ2v) is 7.60. The van der Waals surface area contributed by atoms with Crippen LogP contribution < -0.4 is 22.1 Å². The molecule has 10 heteroatoms. The zero-order valence-corrected chi connectivity index (χ0v) is 17.9. The first-order chi connectivity index (χ1) is 16.3. The van der Waals surface area contributed by atoms with Gasteiger partial charge in [0.25, 0.3) is 17.7 Å². The number of carbonyl (C=O) groups excluding carboxylic acids is 4. The monoisotopic (exact) mass is 456 g/mol. The second kappa shape index (κ2) is 8.94. The van der Waals surface area contributed by atoms with Gasteiger partial charge in [0, 0.05) is 6.54 Å². The first kappa shape index (κ1) is 22.3. The summed E-state index contributed by atoms with van der Waals surface area (Å²) in [4.78, 5) is 51.4. The molecule has 6 N–H and O–H groups in total. The van der Waals surface area contributed by atoms with Crippen molar-refractivity contribution >= 4 is 35.0 Å².